The highest BCUT2D eigenvalue weighted by atomic mass is 19.4. The molecule has 6 heteroatoms. The number of aromatic nitrogens is 2. The number of alkyl halides is 3. The lowest BCUT2D eigenvalue weighted by Gasteiger charge is -2.24. The summed E-state index contributed by atoms with van der Waals surface area (Å²) < 4.78 is 37.2. The number of halogens is 3. The van der Waals surface area contributed by atoms with Gasteiger partial charge in [0.05, 0.1) is 17.2 Å². The molecule has 0 saturated carbocycles. The molecule has 0 fully saturated rings. The van der Waals surface area contributed by atoms with Gasteiger partial charge in [0.1, 0.15) is 6.33 Å². The van der Waals surface area contributed by atoms with Gasteiger partial charge in [0.25, 0.3) is 0 Å². The summed E-state index contributed by atoms with van der Waals surface area (Å²) in [6.45, 7) is 0. The largest absolute Gasteiger partial charge is 0.392 e. The molecule has 1 heterocycles. The number of nitrogens with zero attached hydrogens (tertiary/aromatic N) is 2. The third kappa shape index (κ3) is 1.84. The third-order valence-corrected chi connectivity index (χ3v) is 2.43. The van der Waals surface area contributed by atoms with E-state index in [1.807, 2.05) is 0 Å². The second kappa shape index (κ2) is 3.29. The van der Waals surface area contributed by atoms with Crippen LogP contribution in [0.1, 0.15) is 22.5 Å². The highest BCUT2D eigenvalue weighted by molar-refractivity contribution is 5.97. The number of ketones is 1. The van der Waals surface area contributed by atoms with Crippen LogP contribution in [0.5, 0.6) is 0 Å². The van der Waals surface area contributed by atoms with Crippen LogP contribution in [0.2, 0.25) is 0 Å². The van der Waals surface area contributed by atoms with Gasteiger partial charge in [-0.15, -0.1) is 0 Å². The van der Waals surface area contributed by atoms with E-state index in [9.17, 15) is 18.0 Å². The molecular formula is C9H7F3N2O. The van der Waals surface area contributed by atoms with Crippen LogP contribution in [0.15, 0.2) is 12.5 Å². The standard InChI is InChI=1S/C9H7F3N2O/c10-9(11,12)5-1-7-6(8(15)2-5)3-13-4-14-7/h3-5H,1-2H2/t5-/m0/s1. The van der Waals surface area contributed by atoms with Crippen LogP contribution < -0.4 is 0 Å². The molecule has 2 rings (SSSR count). The van der Waals surface area contributed by atoms with Crippen LogP contribution in [0, 0.1) is 5.92 Å². The topological polar surface area (TPSA) is 42.9 Å². The van der Waals surface area contributed by atoms with Gasteiger partial charge < -0.3 is 0 Å². The summed E-state index contributed by atoms with van der Waals surface area (Å²) in [5.74, 6) is -2.13. The average molecular weight is 216 g/mol. The molecule has 0 aromatic carbocycles. The van der Waals surface area contributed by atoms with Gasteiger partial charge >= 0.3 is 6.18 Å². The molecule has 1 aromatic heterocycles. The molecule has 15 heavy (non-hydrogen) atoms. The Kier molecular flexibility index (Phi) is 2.21. The lowest BCUT2D eigenvalue weighted by Crippen LogP contribution is -2.32. The van der Waals surface area contributed by atoms with Gasteiger partial charge in [0.15, 0.2) is 5.78 Å². The number of Topliss-reactive ketones (excluding diaryl/α,β-unsaturated/α-hetero) is 1. The minimum atomic E-state index is -4.34. The number of carbonyl (C=O) groups is 1. The summed E-state index contributed by atoms with van der Waals surface area (Å²) in [5, 5.41) is 0. The number of carbonyl (C=O) groups excluding carboxylic acids is 1. The van der Waals surface area contributed by atoms with E-state index in [-0.39, 0.29) is 17.7 Å². The van der Waals surface area contributed by atoms with Crippen molar-refractivity contribution in [3.8, 4) is 0 Å². The molecule has 1 atom stereocenters. The first-order valence-electron chi connectivity index (χ1n) is 4.37. The first-order valence-corrected chi connectivity index (χ1v) is 4.37. The van der Waals surface area contributed by atoms with E-state index in [0.717, 1.165) is 6.33 Å². The first-order chi connectivity index (χ1) is 6.98. The van der Waals surface area contributed by atoms with Crippen LogP contribution in [-0.2, 0) is 6.42 Å². The molecule has 1 aliphatic carbocycles. The van der Waals surface area contributed by atoms with Crippen molar-refractivity contribution < 1.29 is 18.0 Å². The Morgan fingerprint density at radius 1 is 1.33 bits per heavy atom. The van der Waals surface area contributed by atoms with Crippen molar-refractivity contribution in [2.75, 3.05) is 0 Å². The molecule has 0 aliphatic heterocycles. The molecule has 0 spiro atoms. The second-order valence-corrected chi connectivity index (χ2v) is 3.45. The summed E-state index contributed by atoms with van der Waals surface area (Å²) in [7, 11) is 0. The Balaban J connectivity index is 2.35. The molecule has 0 N–H and O–H groups in total. The summed E-state index contributed by atoms with van der Waals surface area (Å²) in [6.07, 6.45) is -2.63. The van der Waals surface area contributed by atoms with Crippen LogP contribution in [0.25, 0.3) is 0 Å². The fraction of sp³-hybridized carbons (Fsp3) is 0.444. The normalized spacial score (nSPS) is 21.3. The zero-order chi connectivity index (χ0) is 11.1. The maximum Gasteiger partial charge on any atom is 0.392 e. The Morgan fingerprint density at radius 2 is 2.07 bits per heavy atom. The van der Waals surface area contributed by atoms with Crippen molar-refractivity contribution in [1.82, 2.24) is 9.97 Å². The fourth-order valence-corrected chi connectivity index (χ4v) is 1.62. The predicted octanol–water partition coefficient (Wildman–Crippen LogP) is 1.78. The summed E-state index contributed by atoms with van der Waals surface area (Å²) in [5.41, 5.74) is 0.418. The van der Waals surface area contributed by atoms with E-state index in [4.69, 9.17) is 0 Å². The maximum atomic E-state index is 12.4. The van der Waals surface area contributed by atoms with Crippen molar-refractivity contribution in [3.05, 3.63) is 23.8 Å². The van der Waals surface area contributed by atoms with Crippen LogP contribution in [-0.4, -0.2) is 21.9 Å². The molecular weight excluding hydrogens is 209 g/mol. The maximum absolute atomic E-state index is 12.4. The smallest absolute Gasteiger partial charge is 0.294 e. The van der Waals surface area contributed by atoms with Crippen LogP contribution >= 0.6 is 0 Å². The summed E-state index contributed by atoms with van der Waals surface area (Å²) in [6, 6.07) is 0. The Labute approximate surface area is 83.3 Å². The van der Waals surface area contributed by atoms with Gasteiger partial charge in [-0.1, -0.05) is 0 Å². The number of hydrogen-bond donors (Lipinski definition) is 0. The van der Waals surface area contributed by atoms with Gasteiger partial charge in [-0.25, -0.2) is 9.97 Å². The zero-order valence-corrected chi connectivity index (χ0v) is 7.58. The molecule has 0 amide bonds. The van der Waals surface area contributed by atoms with E-state index < -0.39 is 24.3 Å². The molecule has 0 unspecified atom stereocenters. The van der Waals surface area contributed by atoms with Crippen LogP contribution in [0.4, 0.5) is 13.2 Å². The Hall–Kier alpha value is -1.46. The highest BCUT2D eigenvalue weighted by Gasteiger charge is 2.44. The quantitative estimate of drug-likeness (QED) is 0.663. The average Bonchev–Trinajstić information content (AvgIpc) is 2.16. The molecule has 1 aliphatic rings. The van der Waals surface area contributed by atoms with Crippen molar-refractivity contribution in [2.45, 2.75) is 19.0 Å². The molecule has 0 saturated heterocycles. The summed E-state index contributed by atoms with van der Waals surface area (Å²) in [4.78, 5) is 18.7. The molecule has 80 valence electrons. The minimum Gasteiger partial charge on any atom is -0.294 e. The summed E-state index contributed by atoms with van der Waals surface area (Å²) >= 11 is 0. The number of fused-ring (bicyclic) bond motifs is 1. The lowest BCUT2D eigenvalue weighted by molar-refractivity contribution is -0.174. The Morgan fingerprint density at radius 3 is 2.73 bits per heavy atom. The van der Waals surface area contributed by atoms with Gasteiger partial charge in [-0.3, -0.25) is 4.79 Å². The highest BCUT2D eigenvalue weighted by Crippen LogP contribution is 2.35. The Bertz CT molecular complexity index is 403. The molecule has 0 radical (unpaired) electrons. The van der Waals surface area contributed by atoms with E-state index in [0.29, 0.717) is 0 Å². The first kappa shape index (κ1) is 10.1. The molecule has 3 nitrogen and oxygen atoms in total. The monoisotopic (exact) mass is 216 g/mol. The lowest BCUT2D eigenvalue weighted by atomic mass is 9.86. The third-order valence-electron chi connectivity index (χ3n) is 2.43. The van der Waals surface area contributed by atoms with Crippen molar-refractivity contribution >= 4 is 5.78 Å². The van der Waals surface area contributed by atoms with Crippen molar-refractivity contribution in [1.29, 1.82) is 0 Å². The van der Waals surface area contributed by atoms with Gasteiger partial charge in [0.2, 0.25) is 0 Å². The molecule has 1 aromatic rings. The zero-order valence-electron chi connectivity index (χ0n) is 7.58. The minimum absolute atomic E-state index is 0.198. The van der Waals surface area contributed by atoms with E-state index in [1.54, 1.807) is 0 Å². The fourth-order valence-electron chi connectivity index (χ4n) is 1.62. The van der Waals surface area contributed by atoms with Crippen molar-refractivity contribution in [3.63, 3.8) is 0 Å². The van der Waals surface area contributed by atoms with E-state index in [2.05, 4.69) is 9.97 Å². The van der Waals surface area contributed by atoms with Crippen LogP contribution in [0.3, 0.4) is 0 Å². The predicted molar refractivity (Wildman–Crippen MR) is 44.2 cm³/mol. The second-order valence-electron chi connectivity index (χ2n) is 3.45. The SMILES string of the molecule is O=C1C[C@@H](C(F)(F)F)Cc2ncncc21. The van der Waals surface area contributed by atoms with E-state index in [1.165, 1.54) is 6.20 Å². The van der Waals surface area contributed by atoms with E-state index >= 15 is 0 Å². The van der Waals surface area contributed by atoms with Gasteiger partial charge in [-0.2, -0.15) is 13.2 Å². The number of rotatable bonds is 0. The van der Waals surface area contributed by atoms with Gasteiger partial charge in [0, 0.05) is 19.0 Å². The van der Waals surface area contributed by atoms with Gasteiger partial charge in [-0.05, 0) is 0 Å². The number of hydrogen-bond acceptors (Lipinski definition) is 3. The molecule has 0 bridgehead atoms. The van der Waals surface area contributed by atoms with Crippen molar-refractivity contribution in [2.24, 2.45) is 5.92 Å².